The van der Waals surface area contributed by atoms with Gasteiger partial charge in [0, 0.05) is 29.2 Å². The molecule has 1 N–H and O–H groups in total. The second-order valence-electron chi connectivity index (χ2n) is 9.55. The van der Waals surface area contributed by atoms with Crippen molar-refractivity contribution in [3.8, 4) is 11.5 Å². The van der Waals surface area contributed by atoms with Gasteiger partial charge >= 0.3 is 0 Å². The maximum atomic E-state index is 13.6. The van der Waals surface area contributed by atoms with Crippen LogP contribution in [0.5, 0.6) is 11.5 Å². The summed E-state index contributed by atoms with van der Waals surface area (Å²) in [6.45, 7) is 2.77. The van der Waals surface area contributed by atoms with Crippen LogP contribution in [0, 0.1) is 5.82 Å². The van der Waals surface area contributed by atoms with E-state index in [0.717, 1.165) is 5.56 Å². The Kier molecular flexibility index (Phi) is 8.86. The number of amides is 1. The molecule has 1 aliphatic heterocycles. The van der Waals surface area contributed by atoms with Crippen molar-refractivity contribution < 1.29 is 27.1 Å². The van der Waals surface area contributed by atoms with Gasteiger partial charge in [0.15, 0.2) is 11.5 Å². The number of nitrogens with one attached hydrogen (secondary N) is 1. The minimum absolute atomic E-state index is 0.0152. The van der Waals surface area contributed by atoms with Gasteiger partial charge in [-0.2, -0.15) is 9.41 Å². The summed E-state index contributed by atoms with van der Waals surface area (Å²) in [5.41, 5.74) is 5.54. The van der Waals surface area contributed by atoms with Crippen molar-refractivity contribution in [1.82, 2.24) is 9.73 Å². The molecule has 42 heavy (non-hydrogen) atoms. The van der Waals surface area contributed by atoms with Gasteiger partial charge in [0.2, 0.25) is 10.0 Å². The molecule has 0 atom stereocenters. The lowest BCUT2D eigenvalue weighted by Crippen LogP contribution is -2.30. The maximum Gasteiger partial charge on any atom is 0.271 e. The SMILES string of the molecule is C/C(=N/NC(=O)c1ccc(CN(Cc2ccc(F)cc2)S(=O)(=O)c2ccc(Cl)cc2)cc1)c1ccc2c(c1)OCCO2. The fraction of sp³-hybridized carbons (Fsp3) is 0.161. The molecule has 0 aromatic heterocycles. The normalized spacial score (nSPS) is 13.2. The van der Waals surface area contributed by atoms with Crippen LogP contribution in [-0.4, -0.2) is 37.6 Å². The van der Waals surface area contributed by atoms with Crippen LogP contribution in [-0.2, 0) is 23.1 Å². The molecular weight excluding hydrogens is 581 g/mol. The molecule has 11 heteroatoms. The zero-order valence-electron chi connectivity index (χ0n) is 22.6. The van der Waals surface area contributed by atoms with Crippen LogP contribution < -0.4 is 14.9 Å². The molecule has 4 aromatic rings. The molecule has 5 rings (SSSR count). The molecule has 0 spiro atoms. The highest BCUT2D eigenvalue weighted by Crippen LogP contribution is 2.31. The Balaban J connectivity index is 1.30. The van der Waals surface area contributed by atoms with Crippen molar-refractivity contribution in [1.29, 1.82) is 0 Å². The number of hydrazone groups is 1. The van der Waals surface area contributed by atoms with Crippen molar-refractivity contribution in [2.24, 2.45) is 5.10 Å². The average molecular weight is 608 g/mol. The van der Waals surface area contributed by atoms with E-state index in [1.807, 2.05) is 12.1 Å². The summed E-state index contributed by atoms with van der Waals surface area (Å²) in [4.78, 5) is 12.9. The Labute approximate surface area is 248 Å². The highest BCUT2D eigenvalue weighted by atomic mass is 35.5. The summed E-state index contributed by atoms with van der Waals surface area (Å²) < 4.78 is 53.0. The first kappa shape index (κ1) is 29.2. The number of hydrogen-bond acceptors (Lipinski definition) is 6. The summed E-state index contributed by atoms with van der Waals surface area (Å²) in [5.74, 6) is 0.460. The molecule has 216 valence electrons. The van der Waals surface area contributed by atoms with Crippen molar-refractivity contribution >= 4 is 33.2 Å². The van der Waals surface area contributed by atoms with E-state index in [4.69, 9.17) is 21.1 Å². The third-order valence-corrected chi connectivity index (χ3v) is 8.64. The lowest BCUT2D eigenvalue weighted by Gasteiger charge is -2.23. The predicted molar refractivity (Wildman–Crippen MR) is 158 cm³/mol. The zero-order chi connectivity index (χ0) is 29.7. The number of ether oxygens (including phenoxy) is 2. The smallest absolute Gasteiger partial charge is 0.271 e. The van der Waals surface area contributed by atoms with E-state index < -0.39 is 21.7 Å². The van der Waals surface area contributed by atoms with Crippen LogP contribution in [0.2, 0.25) is 5.02 Å². The number of nitrogens with zero attached hydrogens (tertiary/aromatic N) is 2. The van der Waals surface area contributed by atoms with Crippen molar-refractivity contribution in [2.75, 3.05) is 13.2 Å². The van der Waals surface area contributed by atoms with Gasteiger partial charge in [-0.15, -0.1) is 0 Å². The second kappa shape index (κ2) is 12.7. The molecule has 8 nitrogen and oxygen atoms in total. The van der Waals surface area contributed by atoms with E-state index in [0.29, 0.717) is 52.1 Å². The third-order valence-electron chi connectivity index (χ3n) is 6.58. The van der Waals surface area contributed by atoms with Crippen LogP contribution in [0.3, 0.4) is 0 Å². The third kappa shape index (κ3) is 6.96. The lowest BCUT2D eigenvalue weighted by molar-refractivity contribution is 0.0954. The van der Waals surface area contributed by atoms with Crippen molar-refractivity contribution in [3.05, 3.63) is 124 Å². The Bertz CT molecular complexity index is 1710. The number of hydrogen-bond donors (Lipinski definition) is 1. The predicted octanol–water partition coefficient (Wildman–Crippen LogP) is 5.80. The van der Waals surface area contributed by atoms with Crippen LogP contribution in [0.4, 0.5) is 4.39 Å². The van der Waals surface area contributed by atoms with Crippen molar-refractivity contribution in [2.45, 2.75) is 24.9 Å². The topological polar surface area (TPSA) is 97.3 Å². The van der Waals surface area contributed by atoms with Crippen LogP contribution in [0.25, 0.3) is 0 Å². The molecule has 0 saturated heterocycles. The monoisotopic (exact) mass is 607 g/mol. The van der Waals surface area contributed by atoms with Gasteiger partial charge in [0.25, 0.3) is 5.91 Å². The number of benzene rings is 4. The first-order valence-electron chi connectivity index (χ1n) is 13.0. The van der Waals surface area contributed by atoms with Crippen LogP contribution >= 0.6 is 11.6 Å². The molecule has 1 amide bonds. The number of sulfonamides is 1. The van der Waals surface area contributed by atoms with E-state index in [2.05, 4.69) is 10.5 Å². The second-order valence-corrected chi connectivity index (χ2v) is 11.9. The molecule has 0 bridgehead atoms. The first-order valence-corrected chi connectivity index (χ1v) is 14.8. The number of halogens is 2. The zero-order valence-corrected chi connectivity index (χ0v) is 24.2. The van der Waals surface area contributed by atoms with Crippen molar-refractivity contribution in [3.63, 3.8) is 0 Å². The lowest BCUT2D eigenvalue weighted by atomic mass is 10.1. The maximum absolute atomic E-state index is 13.6. The standard InChI is InChI=1S/C31H27ClFN3O5S/c1-21(25-8-15-29-30(18-25)41-17-16-40-29)34-35-31(37)24-6-2-22(3-7-24)19-36(20-23-4-11-27(33)12-5-23)42(38,39)28-13-9-26(32)10-14-28/h2-15,18H,16-17,19-20H2,1H3,(H,35,37)/b34-21-. The van der Waals surface area contributed by atoms with E-state index in [1.165, 1.54) is 40.7 Å². The summed E-state index contributed by atoms with van der Waals surface area (Å²) in [7, 11) is -3.93. The van der Waals surface area contributed by atoms with Gasteiger partial charge in [-0.1, -0.05) is 35.9 Å². The highest BCUT2D eigenvalue weighted by molar-refractivity contribution is 7.89. The Morgan fingerprint density at radius 2 is 1.43 bits per heavy atom. The van der Waals surface area contributed by atoms with Gasteiger partial charge in [0.1, 0.15) is 19.0 Å². The summed E-state index contributed by atoms with van der Waals surface area (Å²) in [6, 6.07) is 23.6. The molecule has 0 aliphatic carbocycles. The molecule has 4 aromatic carbocycles. The van der Waals surface area contributed by atoms with Gasteiger partial charge in [-0.3, -0.25) is 4.79 Å². The minimum Gasteiger partial charge on any atom is -0.486 e. The summed E-state index contributed by atoms with van der Waals surface area (Å²) in [5, 5.41) is 4.63. The molecule has 0 unspecified atom stereocenters. The fourth-order valence-corrected chi connectivity index (χ4v) is 5.81. The van der Waals surface area contributed by atoms with E-state index in [-0.39, 0.29) is 18.0 Å². The van der Waals surface area contributed by atoms with E-state index >= 15 is 0 Å². The molecule has 0 radical (unpaired) electrons. The molecule has 0 fully saturated rings. The number of rotatable bonds is 9. The van der Waals surface area contributed by atoms with Crippen LogP contribution in [0.15, 0.2) is 101 Å². The largest absolute Gasteiger partial charge is 0.486 e. The van der Waals surface area contributed by atoms with Gasteiger partial charge in [-0.05, 0) is 84.8 Å². The summed E-state index contributed by atoms with van der Waals surface area (Å²) in [6.07, 6.45) is 0. The number of fused-ring (bicyclic) bond motifs is 1. The van der Waals surface area contributed by atoms with Gasteiger partial charge < -0.3 is 9.47 Å². The molecule has 1 aliphatic rings. The minimum atomic E-state index is -3.93. The van der Waals surface area contributed by atoms with E-state index in [1.54, 1.807) is 49.4 Å². The molecule has 0 saturated carbocycles. The Hall–Kier alpha value is -4.25. The Morgan fingerprint density at radius 1 is 0.857 bits per heavy atom. The highest BCUT2D eigenvalue weighted by Gasteiger charge is 2.25. The first-order chi connectivity index (χ1) is 20.2. The van der Waals surface area contributed by atoms with E-state index in [9.17, 15) is 17.6 Å². The fourth-order valence-electron chi connectivity index (χ4n) is 4.27. The average Bonchev–Trinajstić information content (AvgIpc) is 3.00. The number of carbonyl (C=O) groups is 1. The molecular formula is C31H27ClFN3O5S. The van der Waals surface area contributed by atoms with Crippen LogP contribution in [0.1, 0.15) is 34.0 Å². The quantitative estimate of drug-likeness (QED) is 0.192. The van der Waals surface area contributed by atoms with Gasteiger partial charge in [0.05, 0.1) is 10.6 Å². The number of carbonyl (C=O) groups excluding carboxylic acids is 1. The Morgan fingerprint density at radius 3 is 2.07 bits per heavy atom. The molecule has 1 heterocycles. The summed E-state index contributed by atoms with van der Waals surface area (Å²) >= 11 is 5.96. The van der Waals surface area contributed by atoms with Gasteiger partial charge in [-0.25, -0.2) is 18.2 Å².